The molecule has 0 amide bonds. The summed E-state index contributed by atoms with van der Waals surface area (Å²) < 4.78 is 0. The second-order valence-electron chi connectivity index (χ2n) is 3.43. The number of hydrogen-bond donors (Lipinski definition) is 2. The van der Waals surface area contributed by atoms with Gasteiger partial charge in [0.25, 0.3) is 0 Å². The van der Waals surface area contributed by atoms with Gasteiger partial charge in [0.05, 0.1) is 0 Å². The maximum absolute atomic E-state index is 9.43. The van der Waals surface area contributed by atoms with Gasteiger partial charge in [-0.1, -0.05) is 30.3 Å². The van der Waals surface area contributed by atoms with Crippen LogP contribution in [0, 0.1) is 0 Å². The van der Waals surface area contributed by atoms with Crippen LogP contribution in [0.1, 0.15) is 5.56 Å². The van der Waals surface area contributed by atoms with Crippen LogP contribution in [0.4, 0.5) is 0 Å². The van der Waals surface area contributed by atoms with Crippen LogP contribution in [-0.4, -0.2) is 5.11 Å². The standard InChI is InChI=1S/C13H13NO/c15-13-7-4-8-14-12(10-13)9-11-5-2-1-3-6-11/h1-8,10,14-15H,9H2. The number of allylic oxidation sites excluding steroid dienone is 4. The Bertz CT molecular complexity index is 415. The molecular formula is C13H13NO. The molecule has 2 nitrogen and oxygen atoms in total. The lowest BCUT2D eigenvalue weighted by Crippen LogP contribution is -2.07. The van der Waals surface area contributed by atoms with Gasteiger partial charge in [0.1, 0.15) is 5.76 Å². The lowest BCUT2D eigenvalue weighted by atomic mass is 10.1. The molecule has 0 saturated carbocycles. The highest BCUT2D eigenvalue weighted by atomic mass is 16.3. The van der Waals surface area contributed by atoms with Crippen LogP contribution in [0.2, 0.25) is 0 Å². The number of benzene rings is 1. The van der Waals surface area contributed by atoms with Crippen molar-refractivity contribution < 1.29 is 5.11 Å². The molecule has 15 heavy (non-hydrogen) atoms. The second kappa shape index (κ2) is 4.51. The minimum atomic E-state index is 0.280. The summed E-state index contributed by atoms with van der Waals surface area (Å²) in [5.74, 6) is 0.280. The van der Waals surface area contributed by atoms with Crippen molar-refractivity contribution in [3.05, 3.63) is 71.8 Å². The van der Waals surface area contributed by atoms with Crippen LogP contribution in [0.15, 0.2) is 66.2 Å². The number of hydrogen-bond acceptors (Lipinski definition) is 2. The quantitative estimate of drug-likeness (QED) is 0.767. The van der Waals surface area contributed by atoms with Gasteiger partial charge in [-0.05, 0) is 23.8 Å². The molecule has 0 unspecified atom stereocenters. The molecule has 0 atom stereocenters. The molecule has 1 heterocycles. The molecule has 1 aliphatic rings. The first-order chi connectivity index (χ1) is 7.34. The zero-order valence-corrected chi connectivity index (χ0v) is 8.35. The Morgan fingerprint density at radius 1 is 1.13 bits per heavy atom. The first kappa shape index (κ1) is 9.59. The lowest BCUT2D eigenvalue weighted by molar-refractivity contribution is 0.431. The molecule has 0 aliphatic carbocycles. The summed E-state index contributed by atoms with van der Waals surface area (Å²) in [4.78, 5) is 0. The Hall–Kier alpha value is -1.96. The molecule has 2 heteroatoms. The van der Waals surface area contributed by atoms with E-state index in [0.717, 1.165) is 12.1 Å². The SMILES string of the molecule is OC1=CC=CNC(Cc2ccccc2)=C1. The van der Waals surface area contributed by atoms with Gasteiger partial charge in [-0.2, -0.15) is 0 Å². The van der Waals surface area contributed by atoms with Gasteiger partial charge in [0.15, 0.2) is 0 Å². The molecule has 0 saturated heterocycles. The molecule has 0 radical (unpaired) electrons. The summed E-state index contributed by atoms with van der Waals surface area (Å²) in [6.45, 7) is 0. The van der Waals surface area contributed by atoms with Gasteiger partial charge in [0, 0.05) is 18.3 Å². The summed E-state index contributed by atoms with van der Waals surface area (Å²) >= 11 is 0. The Labute approximate surface area is 89.3 Å². The fourth-order valence-electron chi connectivity index (χ4n) is 1.49. The predicted octanol–water partition coefficient (Wildman–Crippen LogP) is 2.67. The maximum atomic E-state index is 9.43. The first-order valence-corrected chi connectivity index (χ1v) is 4.91. The summed E-state index contributed by atoms with van der Waals surface area (Å²) in [5, 5.41) is 12.6. The molecule has 1 aliphatic heterocycles. The smallest absolute Gasteiger partial charge is 0.117 e. The fraction of sp³-hybridized carbons (Fsp3) is 0.0769. The Balaban J connectivity index is 2.13. The van der Waals surface area contributed by atoms with E-state index in [-0.39, 0.29) is 5.76 Å². The monoisotopic (exact) mass is 199 g/mol. The molecule has 0 fully saturated rings. The molecule has 0 spiro atoms. The van der Waals surface area contributed by atoms with Crippen molar-refractivity contribution in [2.45, 2.75) is 6.42 Å². The van der Waals surface area contributed by atoms with Crippen molar-refractivity contribution in [1.82, 2.24) is 5.32 Å². The van der Waals surface area contributed by atoms with Crippen LogP contribution in [-0.2, 0) is 6.42 Å². The minimum Gasteiger partial charge on any atom is -0.508 e. The molecule has 0 aromatic heterocycles. The summed E-state index contributed by atoms with van der Waals surface area (Å²) in [7, 11) is 0. The molecular weight excluding hydrogens is 186 g/mol. The van der Waals surface area contributed by atoms with E-state index in [4.69, 9.17) is 0 Å². The number of aliphatic hydroxyl groups excluding tert-OH is 1. The zero-order chi connectivity index (χ0) is 10.5. The van der Waals surface area contributed by atoms with Gasteiger partial charge < -0.3 is 10.4 Å². The third kappa shape index (κ3) is 2.74. The molecule has 2 rings (SSSR count). The summed E-state index contributed by atoms with van der Waals surface area (Å²) in [6.07, 6.45) is 7.79. The fourth-order valence-corrected chi connectivity index (χ4v) is 1.49. The van der Waals surface area contributed by atoms with Crippen LogP contribution < -0.4 is 5.32 Å². The van der Waals surface area contributed by atoms with Gasteiger partial charge in [0.2, 0.25) is 0 Å². The van der Waals surface area contributed by atoms with E-state index in [1.807, 2.05) is 24.4 Å². The van der Waals surface area contributed by atoms with Crippen LogP contribution in [0.3, 0.4) is 0 Å². The predicted molar refractivity (Wildman–Crippen MR) is 61.2 cm³/mol. The molecule has 0 bridgehead atoms. The highest BCUT2D eigenvalue weighted by Crippen LogP contribution is 2.09. The van der Waals surface area contributed by atoms with Gasteiger partial charge in [-0.15, -0.1) is 0 Å². The lowest BCUT2D eigenvalue weighted by Gasteiger charge is -2.06. The Morgan fingerprint density at radius 3 is 2.73 bits per heavy atom. The average molecular weight is 199 g/mol. The van der Waals surface area contributed by atoms with Crippen molar-refractivity contribution in [2.24, 2.45) is 0 Å². The van der Waals surface area contributed by atoms with E-state index >= 15 is 0 Å². The van der Waals surface area contributed by atoms with E-state index in [1.165, 1.54) is 5.56 Å². The third-order valence-electron chi connectivity index (χ3n) is 2.19. The second-order valence-corrected chi connectivity index (χ2v) is 3.43. The Morgan fingerprint density at radius 2 is 1.93 bits per heavy atom. The van der Waals surface area contributed by atoms with Crippen molar-refractivity contribution >= 4 is 0 Å². The maximum Gasteiger partial charge on any atom is 0.117 e. The van der Waals surface area contributed by atoms with Crippen molar-refractivity contribution in [3.8, 4) is 0 Å². The zero-order valence-electron chi connectivity index (χ0n) is 8.35. The van der Waals surface area contributed by atoms with Gasteiger partial charge in [-0.25, -0.2) is 0 Å². The van der Waals surface area contributed by atoms with Gasteiger partial charge >= 0.3 is 0 Å². The molecule has 1 aromatic rings. The highest BCUT2D eigenvalue weighted by molar-refractivity contribution is 5.29. The largest absolute Gasteiger partial charge is 0.508 e. The van der Waals surface area contributed by atoms with Crippen molar-refractivity contribution in [2.75, 3.05) is 0 Å². The van der Waals surface area contributed by atoms with Crippen molar-refractivity contribution in [1.29, 1.82) is 0 Å². The van der Waals surface area contributed by atoms with E-state index < -0.39 is 0 Å². The molecule has 1 aromatic carbocycles. The number of rotatable bonds is 2. The van der Waals surface area contributed by atoms with Crippen molar-refractivity contribution in [3.63, 3.8) is 0 Å². The Kier molecular flexibility index (Phi) is 2.88. The molecule has 76 valence electrons. The summed E-state index contributed by atoms with van der Waals surface area (Å²) in [5.41, 5.74) is 2.21. The topological polar surface area (TPSA) is 32.3 Å². The highest BCUT2D eigenvalue weighted by Gasteiger charge is 2.00. The number of aliphatic hydroxyl groups is 1. The minimum absolute atomic E-state index is 0.280. The third-order valence-corrected chi connectivity index (χ3v) is 2.19. The first-order valence-electron chi connectivity index (χ1n) is 4.91. The molecule has 2 N–H and O–H groups in total. The van der Waals surface area contributed by atoms with E-state index in [0.29, 0.717) is 0 Å². The van der Waals surface area contributed by atoms with Gasteiger partial charge in [-0.3, -0.25) is 0 Å². The van der Waals surface area contributed by atoms with Crippen LogP contribution in [0.5, 0.6) is 0 Å². The van der Waals surface area contributed by atoms with E-state index in [1.54, 1.807) is 18.2 Å². The van der Waals surface area contributed by atoms with E-state index in [2.05, 4.69) is 17.4 Å². The average Bonchev–Trinajstić information content (AvgIpc) is 2.44. The van der Waals surface area contributed by atoms with Crippen LogP contribution >= 0.6 is 0 Å². The normalized spacial score (nSPS) is 14.9. The summed E-state index contributed by atoms with van der Waals surface area (Å²) in [6, 6.07) is 10.2. The van der Waals surface area contributed by atoms with Crippen LogP contribution in [0.25, 0.3) is 0 Å². The van der Waals surface area contributed by atoms with E-state index in [9.17, 15) is 5.11 Å². The number of nitrogens with one attached hydrogen (secondary N) is 1.